The van der Waals surface area contributed by atoms with E-state index in [4.69, 9.17) is 0 Å². The summed E-state index contributed by atoms with van der Waals surface area (Å²) in [6.45, 7) is 0.164. The molecule has 0 atom stereocenters. The number of ether oxygens (including phenoxy) is 1. The standard InChI is InChI=1S/C15H17F2NO4/c1-8-6-10(7-9(2)11(8)22-14(16)17)12(19)18-15(13(20)21)4-3-5-15/h6-7,14H,3-5H2,1-2H3,(H,18,19)(H,20,21). The van der Waals surface area contributed by atoms with Crippen LogP contribution in [0.4, 0.5) is 8.78 Å². The number of hydrogen-bond acceptors (Lipinski definition) is 3. The number of rotatable bonds is 5. The summed E-state index contributed by atoms with van der Waals surface area (Å²) in [5, 5.41) is 11.7. The topological polar surface area (TPSA) is 75.6 Å². The van der Waals surface area contributed by atoms with Crippen molar-refractivity contribution < 1.29 is 28.2 Å². The van der Waals surface area contributed by atoms with Gasteiger partial charge in [0.25, 0.3) is 5.91 Å². The van der Waals surface area contributed by atoms with Gasteiger partial charge < -0.3 is 15.2 Å². The van der Waals surface area contributed by atoms with Gasteiger partial charge >= 0.3 is 12.6 Å². The van der Waals surface area contributed by atoms with E-state index in [1.807, 2.05) is 0 Å². The van der Waals surface area contributed by atoms with E-state index in [2.05, 4.69) is 10.1 Å². The molecule has 7 heteroatoms. The first-order chi connectivity index (χ1) is 10.2. The van der Waals surface area contributed by atoms with Crippen LogP contribution >= 0.6 is 0 Å². The minimum atomic E-state index is -2.94. The van der Waals surface area contributed by atoms with Crippen LogP contribution in [-0.2, 0) is 4.79 Å². The Morgan fingerprint density at radius 1 is 1.27 bits per heavy atom. The fourth-order valence-electron chi connectivity index (χ4n) is 2.57. The number of hydrogen-bond donors (Lipinski definition) is 2. The van der Waals surface area contributed by atoms with Crippen molar-refractivity contribution in [3.8, 4) is 5.75 Å². The van der Waals surface area contributed by atoms with E-state index < -0.39 is 24.0 Å². The van der Waals surface area contributed by atoms with E-state index in [1.165, 1.54) is 12.1 Å². The minimum absolute atomic E-state index is 0.0307. The van der Waals surface area contributed by atoms with Crippen molar-refractivity contribution >= 4 is 11.9 Å². The second kappa shape index (κ2) is 5.90. The molecule has 120 valence electrons. The van der Waals surface area contributed by atoms with Crippen molar-refractivity contribution in [1.82, 2.24) is 5.32 Å². The van der Waals surface area contributed by atoms with Crippen LogP contribution < -0.4 is 10.1 Å². The summed E-state index contributed by atoms with van der Waals surface area (Å²) < 4.78 is 29.1. The first-order valence-electron chi connectivity index (χ1n) is 6.87. The van der Waals surface area contributed by atoms with Crippen molar-refractivity contribution in [2.75, 3.05) is 0 Å². The van der Waals surface area contributed by atoms with Gasteiger partial charge in [0, 0.05) is 5.56 Å². The molecule has 0 unspecified atom stereocenters. The van der Waals surface area contributed by atoms with E-state index >= 15 is 0 Å². The molecule has 1 aliphatic carbocycles. The molecule has 1 aliphatic rings. The normalized spacial score (nSPS) is 16.0. The Labute approximate surface area is 126 Å². The molecule has 5 nitrogen and oxygen atoms in total. The Balaban J connectivity index is 2.22. The number of carboxylic acids is 1. The number of nitrogens with one attached hydrogen (secondary N) is 1. The van der Waals surface area contributed by atoms with Gasteiger partial charge in [0.15, 0.2) is 0 Å². The van der Waals surface area contributed by atoms with Crippen LogP contribution in [-0.4, -0.2) is 29.1 Å². The third kappa shape index (κ3) is 3.03. The summed E-state index contributed by atoms with van der Waals surface area (Å²) in [5.41, 5.74) is -0.201. The molecule has 1 aromatic carbocycles. The molecule has 1 fully saturated rings. The van der Waals surface area contributed by atoms with Gasteiger partial charge in [-0.2, -0.15) is 8.78 Å². The molecule has 0 heterocycles. The van der Waals surface area contributed by atoms with E-state index in [-0.39, 0.29) is 11.3 Å². The van der Waals surface area contributed by atoms with Crippen LogP contribution in [0.3, 0.4) is 0 Å². The Hall–Kier alpha value is -2.18. The number of carbonyl (C=O) groups excluding carboxylic acids is 1. The van der Waals surface area contributed by atoms with Crippen molar-refractivity contribution in [3.63, 3.8) is 0 Å². The summed E-state index contributed by atoms with van der Waals surface area (Å²) in [6, 6.07) is 2.82. The van der Waals surface area contributed by atoms with Gasteiger partial charge in [-0.3, -0.25) is 4.79 Å². The summed E-state index contributed by atoms with van der Waals surface area (Å²) in [6.07, 6.45) is 1.52. The van der Waals surface area contributed by atoms with Gasteiger partial charge in [-0.15, -0.1) is 0 Å². The van der Waals surface area contributed by atoms with Crippen molar-refractivity contribution in [2.24, 2.45) is 0 Å². The Bertz CT molecular complexity index is 589. The minimum Gasteiger partial charge on any atom is -0.480 e. The fourth-order valence-corrected chi connectivity index (χ4v) is 2.57. The summed E-state index contributed by atoms with van der Waals surface area (Å²) in [4.78, 5) is 23.5. The molecule has 2 rings (SSSR count). The molecule has 0 spiro atoms. The van der Waals surface area contributed by atoms with Crippen LogP contribution in [0.15, 0.2) is 12.1 Å². The number of carboxylic acid groups (broad SMARTS) is 1. The number of aryl methyl sites for hydroxylation is 2. The molecule has 1 saturated carbocycles. The molecule has 0 aliphatic heterocycles. The molecular formula is C15H17F2NO4. The van der Waals surface area contributed by atoms with Crippen LogP contribution in [0.25, 0.3) is 0 Å². The zero-order valence-electron chi connectivity index (χ0n) is 12.3. The Morgan fingerprint density at radius 3 is 2.18 bits per heavy atom. The molecule has 2 N–H and O–H groups in total. The second-order valence-corrected chi connectivity index (χ2v) is 5.51. The molecular weight excluding hydrogens is 296 g/mol. The van der Waals surface area contributed by atoms with Crippen LogP contribution in [0.5, 0.6) is 5.75 Å². The first kappa shape index (κ1) is 16.2. The predicted octanol–water partition coefficient (Wildman–Crippen LogP) is 2.64. The highest BCUT2D eigenvalue weighted by molar-refractivity contribution is 5.98. The monoisotopic (exact) mass is 313 g/mol. The number of amides is 1. The summed E-state index contributed by atoms with van der Waals surface area (Å²) in [5.74, 6) is -1.56. The molecule has 1 amide bonds. The van der Waals surface area contributed by atoms with Crippen molar-refractivity contribution in [3.05, 3.63) is 28.8 Å². The average Bonchev–Trinajstić information content (AvgIpc) is 2.36. The van der Waals surface area contributed by atoms with Crippen molar-refractivity contribution in [2.45, 2.75) is 45.3 Å². The lowest BCUT2D eigenvalue weighted by Gasteiger charge is -2.38. The third-order valence-electron chi connectivity index (χ3n) is 3.90. The molecule has 1 aromatic rings. The maximum atomic E-state index is 12.3. The number of halogens is 2. The maximum Gasteiger partial charge on any atom is 0.387 e. The van der Waals surface area contributed by atoms with Gasteiger partial charge in [-0.25, -0.2) is 4.79 Å². The third-order valence-corrected chi connectivity index (χ3v) is 3.90. The predicted molar refractivity (Wildman–Crippen MR) is 74.2 cm³/mol. The van der Waals surface area contributed by atoms with E-state index in [9.17, 15) is 23.5 Å². The lowest BCUT2D eigenvalue weighted by atomic mass is 9.76. The van der Waals surface area contributed by atoms with Gasteiger partial charge in [-0.05, 0) is 56.4 Å². The number of benzene rings is 1. The maximum absolute atomic E-state index is 12.3. The highest BCUT2D eigenvalue weighted by Crippen LogP contribution is 2.33. The first-order valence-corrected chi connectivity index (χ1v) is 6.87. The molecule has 22 heavy (non-hydrogen) atoms. The van der Waals surface area contributed by atoms with E-state index in [1.54, 1.807) is 13.8 Å². The smallest absolute Gasteiger partial charge is 0.387 e. The van der Waals surface area contributed by atoms with E-state index in [0.717, 1.165) is 6.42 Å². The van der Waals surface area contributed by atoms with Crippen LogP contribution in [0.2, 0.25) is 0 Å². The van der Waals surface area contributed by atoms with Gasteiger partial charge in [0.1, 0.15) is 11.3 Å². The second-order valence-electron chi connectivity index (χ2n) is 5.51. The Kier molecular flexibility index (Phi) is 4.35. The van der Waals surface area contributed by atoms with E-state index in [0.29, 0.717) is 24.0 Å². The zero-order chi connectivity index (χ0) is 16.5. The van der Waals surface area contributed by atoms with Crippen LogP contribution in [0.1, 0.15) is 40.7 Å². The van der Waals surface area contributed by atoms with Gasteiger partial charge in [0.05, 0.1) is 0 Å². The molecule has 0 saturated heterocycles. The zero-order valence-corrected chi connectivity index (χ0v) is 12.3. The molecule has 0 bridgehead atoms. The summed E-state index contributed by atoms with van der Waals surface area (Å²) >= 11 is 0. The molecule has 0 aromatic heterocycles. The lowest BCUT2D eigenvalue weighted by molar-refractivity contribution is -0.148. The highest BCUT2D eigenvalue weighted by Gasteiger charge is 2.45. The quantitative estimate of drug-likeness (QED) is 0.876. The highest BCUT2D eigenvalue weighted by atomic mass is 19.3. The Morgan fingerprint density at radius 2 is 1.82 bits per heavy atom. The summed E-state index contributed by atoms with van der Waals surface area (Å²) in [7, 11) is 0. The van der Waals surface area contributed by atoms with Crippen LogP contribution in [0, 0.1) is 13.8 Å². The molecule has 0 radical (unpaired) electrons. The lowest BCUT2D eigenvalue weighted by Crippen LogP contribution is -2.59. The number of carbonyl (C=O) groups is 2. The average molecular weight is 313 g/mol. The number of aliphatic carboxylic acids is 1. The van der Waals surface area contributed by atoms with Gasteiger partial charge in [0.2, 0.25) is 0 Å². The largest absolute Gasteiger partial charge is 0.480 e. The SMILES string of the molecule is Cc1cc(C(=O)NC2(C(=O)O)CCC2)cc(C)c1OC(F)F. The fraction of sp³-hybridized carbons (Fsp3) is 0.467. The van der Waals surface area contributed by atoms with Crippen molar-refractivity contribution in [1.29, 1.82) is 0 Å². The van der Waals surface area contributed by atoms with Gasteiger partial charge in [-0.1, -0.05) is 0 Å². The number of alkyl halides is 2.